The number of nitrogens with one attached hydrogen (secondary N) is 2. The highest BCUT2D eigenvalue weighted by Gasteiger charge is 2.11. The van der Waals surface area contributed by atoms with Crippen LogP contribution in [0, 0.1) is 0 Å². The van der Waals surface area contributed by atoms with Gasteiger partial charge in [-0.15, -0.1) is 11.6 Å². The smallest absolute Gasteiger partial charge is 0.251 e. The molecule has 2 atom stereocenters. The van der Waals surface area contributed by atoms with Crippen molar-refractivity contribution < 1.29 is 4.79 Å². The van der Waals surface area contributed by atoms with Crippen LogP contribution in [0.15, 0.2) is 23.1 Å². The summed E-state index contributed by atoms with van der Waals surface area (Å²) in [7, 11) is 0. The Morgan fingerprint density at radius 1 is 1.56 bits per heavy atom. The van der Waals surface area contributed by atoms with Crippen molar-refractivity contribution in [3.05, 3.63) is 34.2 Å². The Morgan fingerprint density at radius 3 is 2.81 bits per heavy atom. The van der Waals surface area contributed by atoms with Crippen LogP contribution in [-0.4, -0.2) is 22.3 Å². The number of amides is 1. The summed E-state index contributed by atoms with van der Waals surface area (Å²) < 4.78 is 0. The minimum Gasteiger partial charge on any atom is -0.350 e. The molecular formula is C11H15ClN2O2. The van der Waals surface area contributed by atoms with E-state index in [9.17, 15) is 9.59 Å². The van der Waals surface area contributed by atoms with Gasteiger partial charge in [0, 0.05) is 29.2 Å². The number of halogens is 1. The summed E-state index contributed by atoms with van der Waals surface area (Å²) in [5, 5.41) is 2.79. The number of aromatic amines is 1. The third-order valence-electron chi connectivity index (χ3n) is 2.09. The zero-order valence-corrected chi connectivity index (χ0v) is 10.0. The molecule has 0 aromatic carbocycles. The van der Waals surface area contributed by atoms with Crippen LogP contribution < -0.4 is 10.9 Å². The number of carbonyl (C=O) groups is 1. The van der Waals surface area contributed by atoms with Gasteiger partial charge in [0.25, 0.3) is 5.91 Å². The summed E-state index contributed by atoms with van der Waals surface area (Å²) in [4.78, 5) is 25.1. The van der Waals surface area contributed by atoms with E-state index in [0.717, 1.165) is 0 Å². The molecule has 0 saturated heterocycles. The first-order valence-electron chi connectivity index (χ1n) is 5.12. The van der Waals surface area contributed by atoms with Crippen molar-refractivity contribution >= 4 is 17.5 Å². The number of pyridine rings is 1. The summed E-state index contributed by atoms with van der Waals surface area (Å²) in [6, 6.07) is 2.82. The molecule has 0 spiro atoms. The molecule has 2 unspecified atom stereocenters. The molecular weight excluding hydrogens is 228 g/mol. The van der Waals surface area contributed by atoms with Gasteiger partial charge in [0.1, 0.15) is 0 Å². The van der Waals surface area contributed by atoms with Crippen molar-refractivity contribution in [3.63, 3.8) is 0 Å². The summed E-state index contributed by atoms with van der Waals surface area (Å²) in [5.41, 5.74) is 0.0730. The average Bonchev–Trinajstić information content (AvgIpc) is 2.16. The van der Waals surface area contributed by atoms with E-state index in [0.29, 0.717) is 12.0 Å². The molecule has 0 aliphatic rings. The largest absolute Gasteiger partial charge is 0.350 e. The van der Waals surface area contributed by atoms with E-state index in [2.05, 4.69) is 10.3 Å². The van der Waals surface area contributed by atoms with Gasteiger partial charge >= 0.3 is 0 Å². The highest BCUT2D eigenvalue weighted by molar-refractivity contribution is 6.20. The maximum absolute atomic E-state index is 11.7. The van der Waals surface area contributed by atoms with E-state index in [1.54, 1.807) is 6.07 Å². The number of H-pyrrole nitrogens is 1. The molecule has 0 saturated carbocycles. The lowest BCUT2D eigenvalue weighted by Crippen LogP contribution is -2.34. The molecule has 88 valence electrons. The van der Waals surface area contributed by atoms with Crippen LogP contribution in [0.25, 0.3) is 0 Å². The van der Waals surface area contributed by atoms with Gasteiger partial charge in [-0.2, -0.15) is 0 Å². The lowest BCUT2D eigenvalue weighted by molar-refractivity contribution is 0.0938. The highest BCUT2D eigenvalue weighted by atomic mass is 35.5. The second kappa shape index (κ2) is 5.70. The Bertz CT molecular complexity index is 414. The number of alkyl halides is 1. The zero-order chi connectivity index (χ0) is 12.1. The molecule has 1 heterocycles. The number of carbonyl (C=O) groups excluding carboxylic acids is 1. The fourth-order valence-corrected chi connectivity index (χ4v) is 1.71. The Balaban J connectivity index is 2.62. The quantitative estimate of drug-likeness (QED) is 0.787. The van der Waals surface area contributed by atoms with E-state index < -0.39 is 0 Å². The Kier molecular flexibility index (Phi) is 4.55. The zero-order valence-electron chi connectivity index (χ0n) is 9.29. The van der Waals surface area contributed by atoms with Gasteiger partial charge in [0.2, 0.25) is 5.56 Å². The van der Waals surface area contributed by atoms with Gasteiger partial charge in [-0.05, 0) is 26.3 Å². The summed E-state index contributed by atoms with van der Waals surface area (Å²) in [5.74, 6) is -0.254. The second-order valence-corrected chi connectivity index (χ2v) is 4.58. The maximum Gasteiger partial charge on any atom is 0.251 e. The molecule has 1 rings (SSSR count). The van der Waals surface area contributed by atoms with Crippen LogP contribution in [0.1, 0.15) is 30.6 Å². The molecule has 0 bridgehead atoms. The topological polar surface area (TPSA) is 62.0 Å². The summed E-state index contributed by atoms with van der Waals surface area (Å²) in [6.07, 6.45) is 2.14. The molecule has 4 nitrogen and oxygen atoms in total. The molecule has 2 N–H and O–H groups in total. The van der Waals surface area contributed by atoms with Crippen LogP contribution in [0.3, 0.4) is 0 Å². The lowest BCUT2D eigenvalue weighted by Gasteiger charge is -2.14. The van der Waals surface area contributed by atoms with Gasteiger partial charge in [-0.3, -0.25) is 9.59 Å². The van der Waals surface area contributed by atoms with Crippen LogP contribution in [-0.2, 0) is 0 Å². The fraction of sp³-hybridized carbons (Fsp3) is 0.455. The van der Waals surface area contributed by atoms with Gasteiger partial charge in [0.05, 0.1) is 0 Å². The predicted molar refractivity (Wildman–Crippen MR) is 63.9 cm³/mol. The number of rotatable bonds is 4. The molecule has 1 amide bonds. The van der Waals surface area contributed by atoms with Crippen molar-refractivity contribution in [2.75, 3.05) is 0 Å². The SMILES string of the molecule is CC(Cl)CC(C)NC(=O)c1cc[nH]c(=O)c1. The Morgan fingerprint density at radius 2 is 2.25 bits per heavy atom. The highest BCUT2D eigenvalue weighted by Crippen LogP contribution is 2.05. The first-order valence-corrected chi connectivity index (χ1v) is 5.56. The average molecular weight is 243 g/mol. The van der Waals surface area contributed by atoms with E-state index in [-0.39, 0.29) is 22.9 Å². The minimum absolute atomic E-state index is 0.00877. The van der Waals surface area contributed by atoms with Crippen LogP contribution >= 0.6 is 11.6 Å². The molecule has 16 heavy (non-hydrogen) atoms. The van der Waals surface area contributed by atoms with Crippen molar-refractivity contribution in [1.29, 1.82) is 0 Å². The van der Waals surface area contributed by atoms with Gasteiger partial charge < -0.3 is 10.3 Å². The monoisotopic (exact) mass is 242 g/mol. The van der Waals surface area contributed by atoms with E-state index in [4.69, 9.17) is 11.6 Å². The van der Waals surface area contributed by atoms with Crippen molar-refractivity contribution in [1.82, 2.24) is 10.3 Å². The molecule has 0 radical (unpaired) electrons. The van der Waals surface area contributed by atoms with Gasteiger partial charge in [-0.1, -0.05) is 0 Å². The minimum atomic E-state index is -0.286. The normalized spacial score (nSPS) is 14.2. The van der Waals surface area contributed by atoms with Crippen molar-refractivity contribution in [2.24, 2.45) is 0 Å². The van der Waals surface area contributed by atoms with Crippen LogP contribution in [0.5, 0.6) is 0 Å². The fourth-order valence-electron chi connectivity index (χ4n) is 1.44. The Labute approximate surface area is 99.0 Å². The van der Waals surface area contributed by atoms with Crippen LogP contribution in [0.2, 0.25) is 0 Å². The van der Waals surface area contributed by atoms with E-state index >= 15 is 0 Å². The van der Waals surface area contributed by atoms with Crippen molar-refractivity contribution in [2.45, 2.75) is 31.7 Å². The van der Waals surface area contributed by atoms with Gasteiger partial charge in [0.15, 0.2) is 0 Å². The molecule has 1 aromatic heterocycles. The standard InChI is InChI=1S/C11H15ClN2O2/c1-7(12)5-8(2)14-11(16)9-3-4-13-10(15)6-9/h3-4,6-8H,5H2,1-2H3,(H,13,15)(H,14,16). The first-order chi connectivity index (χ1) is 7.49. The van der Waals surface area contributed by atoms with Crippen LogP contribution in [0.4, 0.5) is 0 Å². The number of aromatic nitrogens is 1. The third kappa shape index (κ3) is 4.06. The Hall–Kier alpha value is -1.29. The van der Waals surface area contributed by atoms with Crippen molar-refractivity contribution in [3.8, 4) is 0 Å². The number of hydrogen-bond donors (Lipinski definition) is 2. The molecule has 1 aromatic rings. The number of hydrogen-bond acceptors (Lipinski definition) is 2. The van der Waals surface area contributed by atoms with Gasteiger partial charge in [-0.25, -0.2) is 0 Å². The maximum atomic E-state index is 11.7. The summed E-state index contributed by atoms with van der Waals surface area (Å²) in [6.45, 7) is 3.75. The molecule has 5 heteroatoms. The summed E-state index contributed by atoms with van der Waals surface area (Å²) >= 11 is 5.82. The molecule has 0 aliphatic carbocycles. The second-order valence-electron chi connectivity index (χ2n) is 3.83. The van der Waals surface area contributed by atoms with E-state index in [1.165, 1.54) is 12.3 Å². The lowest BCUT2D eigenvalue weighted by atomic mass is 10.1. The molecule has 0 fully saturated rings. The van der Waals surface area contributed by atoms with E-state index in [1.807, 2.05) is 13.8 Å². The predicted octanol–water partition coefficient (Wildman–Crippen LogP) is 1.51. The third-order valence-corrected chi connectivity index (χ3v) is 2.27. The first kappa shape index (κ1) is 12.8. The molecule has 0 aliphatic heterocycles.